The van der Waals surface area contributed by atoms with Crippen molar-refractivity contribution in [3.8, 4) is 6.07 Å². The average molecular weight is 373 g/mol. The van der Waals surface area contributed by atoms with Crippen molar-refractivity contribution in [1.82, 2.24) is 10.3 Å². The second-order valence-corrected chi connectivity index (χ2v) is 5.84. The Balaban J connectivity index is 2.12. The van der Waals surface area contributed by atoms with Crippen molar-refractivity contribution in [3.63, 3.8) is 0 Å². The molecule has 2 N–H and O–H groups in total. The molecule has 7 nitrogen and oxygen atoms in total. The van der Waals surface area contributed by atoms with E-state index in [1.807, 2.05) is 43.3 Å². The molecule has 2 aromatic rings. The number of anilines is 1. The fourth-order valence-corrected chi connectivity index (χ4v) is 2.45. The first-order chi connectivity index (χ1) is 12.4. The Labute approximate surface area is 155 Å². The van der Waals surface area contributed by atoms with Crippen LogP contribution in [-0.2, 0) is 16.1 Å². The van der Waals surface area contributed by atoms with E-state index in [1.54, 1.807) is 0 Å². The molecule has 0 aliphatic heterocycles. The third-order valence-corrected chi connectivity index (χ3v) is 3.76. The van der Waals surface area contributed by atoms with Gasteiger partial charge in [-0.25, -0.2) is 9.78 Å². The van der Waals surface area contributed by atoms with Crippen LogP contribution in [0.3, 0.4) is 0 Å². The molecule has 26 heavy (non-hydrogen) atoms. The molecule has 2 amide bonds. The lowest BCUT2D eigenvalue weighted by Gasteiger charge is -2.15. The van der Waals surface area contributed by atoms with Crippen LogP contribution in [0.1, 0.15) is 36.7 Å². The van der Waals surface area contributed by atoms with Gasteiger partial charge in [-0.15, -0.1) is 0 Å². The average Bonchev–Trinajstić information content (AvgIpc) is 2.60. The minimum absolute atomic E-state index is 0.0940. The topological polar surface area (TPSA) is 104 Å². The number of carbonyl (C=O) groups excluding carboxylic acids is 2. The number of amides is 2. The number of nitriles is 1. The van der Waals surface area contributed by atoms with Crippen molar-refractivity contribution in [3.05, 3.63) is 58.2 Å². The maximum Gasteiger partial charge on any atom is 0.320 e. The molecule has 0 fully saturated rings. The SMILES string of the molecule is CC(=O)OCc1nc(NC(=O)NC(C)c2ccccc2)cc(Cl)c1C#N. The van der Waals surface area contributed by atoms with Crippen molar-refractivity contribution in [1.29, 1.82) is 5.26 Å². The summed E-state index contributed by atoms with van der Waals surface area (Å²) in [5.41, 5.74) is 1.21. The van der Waals surface area contributed by atoms with Gasteiger partial charge in [0.15, 0.2) is 0 Å². The molecule has 0 saturated heterocycles. The maximum atomic E-state index is 12.2. The molecule has 0 bridgehead atoms. The number of hydrogen-bond acceptors (Lipinski definition) is 5. The first kappa shape index (κ1) is 19.2. The third-order valence-electron chi connectivity index (χ3n) is 3.46. The molecule has 0 aliphatic rings. The van der Waals surface area contributed by atoms with Crippen LogP contribution in [0.25, 0.3) is 0 Å². The van der Waals surface area contributed by atoms with Crippen molar-refractivity contribution < 1.29 is 14.3 Å². The van der Waals surface area contributed by atoms with Gasteiger partial charge in [0.2, 0.25) is 0 Å². The molecule has 2 rings (SSSR count). The Morgan fingerprint density at radius 3 is 2.65 bits per heavy atom. The second-order valence-electron chi connectivity index (χ2n) is 5.43. The molecule has 1 aromatic carbocycles. The lowest BCUT2D eigenvalue weighted by Crippen LogP contribution is -2.31. The summed E-state index contributed by atoms with van der Waals surface area (Å²) in [5.74, 6) is -0.367. The summed E-state index contributed by atoms with van der Waals surface area (Å²) in [7, 11) is 0. The predicted octanol–water partition coefficient (Wildman–Crippen LogP) is 3.55. The number of aromatic nitrogens is 1. The van der Waals surface area contributed by atoms with E-state index in [9.17, 15) is 9.59 Å². The molecule has 1 unspecified atom stereocenters. The number of ether oxygens (including phenoxy) is 1. The lowest BCUT2D eigenvalue weighted by molar-refractivity contribution is -0.142. The highest BCUT2D eigenvalue weighted by Crippen LogP contribution is 2.23. The molecule has 1 heterocycles. The maximum absolute atomic E-state index is 12.2. The fraction of sp³-hybridized carbons (Fsp3) is 0.222. The highest BCUT2D eigenvalue weighted by molar-refractivity contribution is 6.32. The summed E-state index contributed by atoms with van der Waals surface area (Å²) in [6.07, 6.45) is 0. The highest BCUT2D eigenvalue weighted by atomic mass is 35.5. The zero-order valence-corrected chi connectivity index (χ0v) is 15.0. The number of pyridine rings is 1. The summed E-state index contributed by atoms with van der Waals surface area (Å²) >= 11 is 6.06. The number of urea groups is 1. The first-order valence-corrected chi connectivity index (χ1v) is 8.14. The van der Waals surface area contributed by atoms with Crippen LogP contribution in [0.4, 0.5) is 10.6 Å². The van der Waals surface area contributed by atoms with Gasteiger partial charge in [0.05, 0.1) is 22.3 Å². The van der Waals surface area contributed by atoms with E-state index in [4.69, 9.17) is 21.6 Å². The number of nitrogens with zero attached hydrogens (tertiary/aromatic N) is 2. The number of halogens is 1. The zero-order chi connectivity index (χ0) is 19.1. The number of carbonyl (C=O) groups is 2. The van der Waals surface area contributed by atoms with Gasteiger partial charge >= 0.3 is 12.0 Å². The van der Waals surface area contributed by atoms with Gasteiger partial charge in [0.25, 0.3) is 0 Å². The largest absolute Gasteiger partial charge is 0.459 e. The first-order valence-electron chi connectivity index (χ1n) is 7.76. The van der Waals surface area contributed by atoms with Gasteiger partial charge in [-0.05, 0) is 12.5 Å². The number of esters is 1. The van der Waals surface area contributed by atoms with Gasteiger partial charge in [-0.2, -0.15) is 5.26 Å². The highest BCUT2D eigenvalue weighted by Gasteiger charge is 2.15. The van der Waals surface area contributed by atoms with Crippen molar-refractivity contribution in [2.75, 3.05) is 5.32 Å². The van der Waals surface area contributed by atoms with Crippen LogP contribution in [0.5, 0.6) is 0 Å². The predicted molar refractivity (Wildman–Crippen MR) is 96.4 cm³/mol. The molecule has 1 aromatic heterocycles. The van der Waals surface area contributed by atoms with E-state index in [-0.39, 0.29) is 34.7 Å². The second kappa shape index (κ2) is 8.83. The number of benzene rings is 1. The molecule has 0 aliphatic carbocycles. The van der Waals surface area contributed by atoms with Crippen LogP contribution in [0, 0.1) is 11.3 Å². The molecule has 134 valence electrons. The Morgan fingerprint density at radius 2 is 2.04 bits per heavy atom. The third kappa shape index (κ3) is 5.19. The molecule has 8 heteroatoms. The summed E-state index contributed by atoms with van der Waals surface area (Å²) in [4.78, 5) is 27.3. The Bertz CT molecular complexity index is 850. The van der Waals surface area contributed by atoms with E-state index in [0.717, 1.165) is 5.56 Å². The van der Waals surface area contributed by atoms with Crippen molar-refractivity contribution in [2.45, 2.75) is 26.5 Å². The monoisotopic (exact) mass is 372 g/mol. The van der Waals surface area contributed by atoms with Crippen LogP contribution in [0.2, 0.25) is 5.02 Å². The van der Waals surface area contributed by atoms with Crippen LogP contribution >= 0.6 is 11.6 Å². The zero-order valence-electron chi connectivity index (χ0n) is 14.2. The minimum Gasteiger partial charge on any atom is -0.459 e. The number of hydrogen-bond donors (Lipinski definition) is 2. The number of nitrogens with one attached hydrogen (secondary N) is 2. The smallest absolute Gasteiger partial charge is 0.320 e. The molecule has 0 spiro atoms. The standard InChI is InChI=1S/C18H17ClN4O3/c1-11(13-6-4-3-5-7-13)21-18(25)23-17-8-15(19)14(9-20)16(22-17)10-26-12(2)24/h3-8,11H,10H2,1-2H3,(H2,21,22,23,25). The quantitative estimate of drug-likeness (QED) is 0.781. The van der Waals surface area contributed by atoms with Crippen LogP contribution < -0.4 is 10.6 Å². The summed E-state index contributed by atoms with van der Waals surface area (Å²) in [6, 6.07) is 12.0. The fourth-order valence-electron chi connectivity index (χ4n) is 2.19. The van der Waals surface area contributed by atoms with Crippen LogP contribution in [0.15, 0.2) is 36.4 Å². The number of rotatable bonds is 5. The van der Waals surface area contributed by atoms with Crippen molar-refractivity contribution >= 4 is 29.4 Å². The lowest BCUT2D eigenvalue weighted by atomic mass is 10.1. The van der Waals surface area contributed by atoms with E-state index in [1.165, 1.54) is 13.0 Å². The Kier molecular flexibility index (Phi) is 6.53. The molecular weight excluding hydrogens is 356 g/mol. The van der Waals surface area contributed by atoms with Crippen molar-refractivity contribution in [2.24, 2.45) is 0 Å². The normalized spacial score (nSPS) is 11.2. The van der Waals surface area contributed by atoms with Gasteiger partial charge in [0.1, 0.15) is 18.5 Å². The van der Waals surface area contributed by atoms with E-state index < -0.39 is 12.0 Å². The molecule has 0 radical (unpaired) electrons. The molecule has 0 saturated carbocycles. The summed E-state index contributed by atoms with van der Waals surface area (Å²) in [6.45, 7) is 2.88. The summed E-state index contributed by atoms with van der Waals surface area (Å²) < 4.78 is 4.87. The Morgan fingerprint density at radius 1 is 1.35 bits per heavy atom. The van der Waals surface area contributed by atoms with E-state index >= 15 is 0 Å². The van der Waals surface area contributed by atoms with E-state index in [2.05, 4.69) is 15.6 Å². The van der Waals surface area contributed by atoms with E-state index in [0.29, 0.717) is 0 Å². The summed E-state index contributed by atoms with van der Waals surface area (Å²) in [5, 5.41) is 14.6. The van der Waals surface area contributed by atoms with Crippen LogP contribution in [-0.4, -0.2) is 17.0 Å². The van der Waals surface area contributed by atoms with Gasteiger partial charge < -0.3 is 10.1 Å². The van der Waals surface area contributed by atoms with Gasteiger partial charge in [-0.1, -0.05) is 41.9 Å². The molecular formula is C18H17ClN4O3. The van der Waals surface area contributed by atoms with Gasteiger partial charge in [0, 0.05) is 13.0 Å². The Hall–Kier alpha value is -3.11. The molecule has 1 atom stereocenters. The minimum atomic E-state index is -0.514. The van der Waals surface area contributed by atoms with Gasteiger partial charge in [-0.3, -0.25) is 10.1 Å².